The van der Waals surface area contributed by atoms with Crippen LogP contribution < -0.4 is 4.74 Å². The van der Waals surface area contributed by atoms with Crippen molar-refractivity contribution >= 4 is 17.5 Å². The largest absolute Gasteiger partial charge is 0.494 e. The van der Waals surface area contributed by atoms with Crippen LogP contribution in [0.15, 0.2) is 18.2 Å². The zero-order valence-corrected chi connectivity index (χ0v) is 11.8. The third-order valence-electron chi connectivity index (χ3n) is 3.49. The summed E-state index contributed by atoms with van der Waals surface area (Å²) in [5.41, 5.74) is 0.443. The maximum Gasteiger partial charge on any atom is 0.254 e. The van der Waals surface area contributed by atoms with E-state index in [1.165, 1.54) is 25.3 Å². The average molecular weight is 286 g/mol. The second-order valence-electron chi connectivity index (χ2n) is 4.88. The lowest BCUT2D eigenvalue weighted by molar-refractivity contribution is 0.0686. The molecule has 0 aliphatic carbocycles. The maximum atomic E-state index is 13.3. The summed E-state index contributed by atoms with van der Waals surface area (Å²) in [6.07, 6.45) is 0.785. The molecule has 1 aromatic carbocycles. The summed E-state index contributed by atoms with van der Waals surface area (Å²) in [6, 6.07) is 4.18. The molecule has 104 valence electrons. The number of ether oxygens (including phenoxy) is 1. The van der Waals surface area contributed by atoms with Crippen molar-refractivity contribution in [1.29, 1.82) is 0 Å². The van der Waals surface area contributed by atoms with E-state index in [1.807, 2.05) is 6.92 Å². The van der Waals surface area contributed by atoms with Crippen LogP contribution in [0.25, 0.3) is 0 Å². The molecular weight excluding hydrogens is 269 g/mol. The van der Waals surface area contributed by atoms with Gasteiger partial charge in [-0.1, -0.05) is 6.92 Å². The molecule has 0 aromatic heterocycles. The molecule has 5 heteroatoms. The highest BCUT2D eigenvalue weighted by molar-refractivity contribution is 6.20. The lowest BCUT2D eigenvalue weighted by atomic mass is 9.99. The quantitative estimate of drug-likeness (QED) is 0.782. The van der Waals surface area contributed by atoms with Gasteiger partial charge >= 0.3 is 0 Å². The summed E-state index contributed by atoms with van der Waals surface area (Å²) in [5, 5.41) is 0.117. The number of hydrogen-bond acceptors (Lipinski definition) is 2. The Bertz CT molecular complexity index is 481. The first-order valence-corrected chi connectivity index (χ1v) is 6.73. The molecule has 1 aromatic rings. The van der Waals surface area contributed by atoms with E-state index in [0.717, 1.165) is 6.42 Å². The molecule has 1 amide bonds. The lowest BCUT2D eigenvalue weighted by Crippen LogP contribution is -2.43. The van der Waals surface area contributed by atoms with Gasteiger partial charge in [0.2, 0.25) is 0 Å². The van der Waals surface area contributed by atoms with Gasteiger partial charge in [-0.3, -0.25) is 4.79 Å². The van der Waals surface area contributed by atoms with E-state index in [-0.39, 0.29) is 23.0 Å². The van der Waals surface area contributed by atoms with Crippen molar-refractivity contribution in [2.45, 2.75) is 18.7 Å². The van der Waals surface area contributed by atoms with Crippen molar-refractivity contribution in [3.8, 4) is 5.75 Å². The number of amides is 1. The Balaban J connectivity index is 2.15. The molecule has 0 spiro atoms. The Hall–Kier alpha value is -1.29. The Kier molecular flexibility index (Phi) is 4.30. The highest BCUT2D eigenvalue weighted by atomic mass is 35.5. The van der Waals surface area contributed by atoms with Crippen LogP contribution in [0.3, 0.4) is 0 Å². The SMILES string of the molecule is COc1cc(C(=O)N2CCC(Cl)C(C)C2)ccc1F. The molecule has 0 saturated carbocycles. The minimum Gasteiger partial charge on any atom is -0.494 e. The van der Waals surface area contributed by atoms with Crippen molar-refractivity contribution in [1.82, 2.24) is 4.90 Å². The van der Waals surface area contributed by atoms with Crippen LogP contribution >= 0.6 is 11.6 Å². The molecule has 0 radical (unpaired) electrons. The minimum absolute atomic E-state index is 0.0890. The Morgan fingerprint density at radius 1 is 1.53 bits per heavy atom. The van der Waals surface area contributed by atoms with E-state index in [2.05, 4.69) is 0 Å². The van der Waals surface area contributed by atoms with Gasteiger partial charge in [-0.2, -0.15) is 0 Å². The number of nitrogens with zero attached hydrogens (tertiary/aromatic N) is 1. The predicted octanol–water partition coefficient (Wildman–Crippen LogP) is 2.92. The Morgan fingerprint density at radius 2 is 2.26 bits per heavy atom. The number of benzene rings is 1. The molecule has 2 rings (SSSR count). The molecule has 2 unspecified atom stereocenters. The van der Waals surface area contributed by atoms with Crippen LogP contribution in [-0.4, -0.2) is 36.4 Å². The number of halogens is 2. The van der Waals surface area contributed by atoms with E-state index in [0.29, 0.717) is 18.7 Å². The molecule has 0 N–H and O–H groups in total. The number of rotatable bonds is 2. The van der Waals surface area contributed by atoms with Crippen LogP contribution in [-0.2, 0) is 0 Å². The molecule has 1 aliphatic rings. The fraction of sp³-hybridized carbons (Fsp3) is 0.500. The van der Waals surface area contributed by atoms with Gasteiger partial charge in [-0.15, -0.1) is 11.6 Å². The highest BCUT2D eigenvalue weighted by Crippen LogP contribution is 2.24. The molecule has 1 saturated heterocycles. The second kappa shape index (κ2) is 5.78. The van der Waals surface area contributed by atoms with Crippen molar-refractivity contribution in [2.75, 3.05) is 20.2 Å². The topological polar surface area (TPSA) is 29.5 Å². The summed E-state index contributed by atoms with van der Waals surface area (Å²) in [7, 11) is 1.38. The van der Waals surface area contributed by atoms with E-state index in [9.17, 15) is 9.18 Å². The highest BCUT2D eigenvalue weighted by Gasteiger charge is 2.28. The van der Waals surface area contributed by atoms with Gasteiger partial charge in [0.15, 0.2) is 11.6 Å². The van der Waals surface area contributed by atoms with E-state index >= 15 is 0 Å². The van der Waals surface area contributed by atoms with Crippen LogP contribution in [0.1, 0.15) is 23.7 Å². The molecule has 1 aliphatic heterocycles. The summed E-state index contributed by atoms with van der Waals surface area (Å²) >= 11 is 6.14. The summed E-state index contributed by atoms with van der Waals surface area (Å²) < 4.78 is 18.2. The van der Waals surface area contributed by atoms with E-state index < -0.39 is 5.82 Å². The lowest BCUT2D eigenvalue weighted by Gasteiger charge is -2.34. The smallest absolute Gasteiger partial charge is 0.254 e. The number of carbonyl (C=O) groups is 1. The average Bonchev–Trinajstić information content (AvgIpc) is 2.41. The third-order valence-corrected chi connectivity index (χ3v) is 4.13. The van der Waals surface area contributed by atoms with Crippen LogP contribution in [0, 0.1) is 11.7 Å². The Morgan fingerprint density at radius 3 is 2.89 bits per heavy atom. The van der Waals surface area contributed by atoms with Crippen LogP contribution in [0.5, 0.6) is 5.75 Å². The predicted molar refractivity (Wildman–Crippen MR) is 72.3 cm³/mol. The fourth-order valence-corrected chi connectivity index (χ4v) is 2.45. The van der Waals surface area contributed by atoms with Crippen molar-refractivity contribution in [2.24, 2.45) is 5.92 Å². The summed E-state index contributed by atoms with van der Waals surface area (Å²) in [6.45, 7) is 3.30. The van der Waals surface area contributed by atoms with E-state index in [4.69, 9.17) is 16.3 Å². The minimum atomic E-state index is -0.466. The number of carbonyl (C=O) groups excluding carboxylic acids is 1. The first-order valence-electron chi connectivity index (χ1n) is 6.29. The summed E-state index contributed by atoms with van der Waals surface area (Å²) in [4.78, 5) is 14.1. The standard InChI is InChI=1S/C14H17ClFNO2/c1-9-8-17(6-5-11(9)15)14(18)10-3-4-12(16)13(7-10)19-2/h3-4,7,9,11H,5-6,8H2,1-2H3. The molecule has 3 nitrogen and oxygen atoms in total. The van der Waals surface area contributed by atoms with Gasteiger partial charge in [0.05, 0.1) is 7.11 Å². The molecule has 2 atom stereocenters. The molecule has 1 heterocycles. The second-order valence-corrected chi connectivity index (χ2v) is 5.44. The number of piperidine rings is 1. The number of hydrogen-bond donors (Lipinski definition) is 0. The monoisotopic (exact) mass is 285 g/mol. The normalized spacial score (nSPS) is 23.3. The summed E-state index contributed by atoms with van der Waals surface area (Å²) in [5.74, 6) is -0.214. The third kappa shape index (κ3) is 3.00. The Labute approximate surface area is 117 Å². The van der Waals surface area contributed by atoms with Crippen LogP contribution in [0.4, 0.5) is 4.39 Å². The molecule has 1 fully saturated rings. The first kappa shape index (κ1) is 14.1. The van der Waals surface area contributed by atoms with Gasteiger partial charge in [0.25, 0.3) is 5.91 Å². The zero-order valence-electron chi connectivity index (χ0n) is 11.0. The number of likely N-dealkylation sites (tertiary alicyclic amines) is 1. The van der Waals surface area contributed by atoms with Gasteiger partial charge in [-0.25, -0.2) is 4.39 Å². The van der Waals surface area contributed by atoms with Crippen molar-refractivity contribution in [3.63, 3.8) is 0 Å². The molecule has 19 heavy (non-hydrogen) atoms. The van der Waals surface area contributed by atoms with Gasteiger partial charge in [-0.05, 0) is 30.5 Å². The zero-order chi connectivity index (χ0) is 14.0. The van der Waals surface area contributed by atoms with Gasteiger partial charge < -0.3 is 9.64 Å². The first-order chi connectivity index (χ1) is 9.02. The van der Waals surface area contributed by atoms with Crippen molar-refractivity contribution < 1.29 is 13.9 Å². The fourth-order valence-electron chi connectivity index (χ4n) is 2.28. The van der Waals surface area contributed by atoms with Crippen LogP contribution in [0.2, 0.25) is 0 Å². The maximum absolute atomic E-state index is 13.3. The van der Waals surface area contributed by atoms with Crippen molar-refractivity contribution in [3.05, 3.63) is 29.6 Å². The number of alkyl halides is 1. The number of methoxy groups -OCH3 is 1. The van der Waals surface area contributed by atoms with E-state index in [1.54, 1.807) is 4.90 Å². The van der Waals surface area contributed by atoms with Gasteiger partial charge in [0.1, 0.15) is 0 Å². The molecular formula is C14H17ClFNO2. The molecule has 0 bridgehead atoms. The van der Waals surface area contributed by atoms with Gasteiger partial charge in [0, 0.05) is 24.0 Å².